The van der Waals surface area contributed by atoms with Crippen LogP contribution in [0.25, 0.3) is 0 Å². The largest absolute Gasteiger partial charge is 0.487 e. The average Bonchev–Trinajstić information content (AvgIpc) is 2.91. The molecule has 0 unspecified atom stereocenters. The second-order valence-corrected chi connectivity index (χ2v) is 12.0. The first kappa shape index (κ1) is 34.4. The highest BCUT2D eigenvalue weighted by Gasteiger charge is 2.41. The van der Waals surface area contributed by atoms with E-state index < -0.39 is 48.4 Å². The zero-order chi connectivity index (χ0) is 32.1. The summed E-state index contributed by atoms with van der Waals surface area (Å²) in [5.74, 6) is -3.40. The number of amides is 3. The second kappa shape index (κ2) is 14.1. The number of nitrogens with one attached hydrogen (secondary N) is 3. The van der Waals surface area contributed by atoms with Crippen molar-refractivity contribution in [3.63, 3.8) is 0 Å². The van der Waals surface area contributed by atoms with Crippen molar-refractivity contribution in [3.8, 4) is 5.75 Å². The minimum Gasteiger partial charge on any atom is -0.487 e. The maximum absolute atomic E-state index is 13.2. The number of anilines is 1. The number of rotatable bonds is 9. The zero-order valence-electron chi connectivity index (χ0n) is 23.6. The fraction of sp³-hybridized carbons (Fsp3) is 0.483. The van der Waals surface area contributed by atoms with Crippen LogP contribution in [0.4, 0.5) is 27.6 Å². The number of ether oxygens (including phenoxy) is 1. The molecule has 0 radical (unpaired) electrons. The second-order valence-electron chi connectivity index (χ2n) is 11.3. The number of alkyl halides is 5. The van der Waals surface area contributed by atoms with E-state index in [2.05, 4.69) is 16.0 Å². The Morgan fingerprint density at radius 3 is 2.21 bits per heavy atom. The normalized spacial score (nSPS) is 17.4. The predicted octanol–water partition coefficient (Wildman–Crippen LogP) is 7.40. The lowest BCUT2D eigenvalue weighted by Gasteiger charge is -2.30. The first-order valence-electron chi connectivity index (χ1n) is 13.5. The lowest BCUT2D eigenvalue weighted by Crippen LogP contribution is -2.40. The van der Waals surface area contributed by atoms with Gasteiger partial charge in [-0.1, -0.05) is 50.0 Å². The Labute approximate surface area is 255 Å². The lowest BCUT2D eigenvalue weighted by molar-refractivity contribution is -0.182. The topological polar surface area (TPSA) is 96.5 Å². The van der Waals surface area contributed by atoms with Crippen LogP contribution in [0.5, 0.6) is 5.75 Å². The van der Waals surface area contributed by atoms with E-state index in [-0.39, 0.29) is 70.7 Å². The molecule has 7 nitrogen and oxygen atoms in total. The van der Waals surface area contributed by atoms with Gasteiger partial charge in [0.2, 0.25) is 5.91 Å². The quantitative estimate of drug-likeness (QED) is 0.246. The Morgan fingerprint density at radius 2 is 1.63 bits per heavy atom. The zero-order valence-corrected chi connectivity index (χ0v) is 25.2. The summed E-state index contributed by atoms with van der Waals surface area (Å²) in [4.78, 5) is 38.6. The molecule has 1 aliphatic carbocycles. The Hall–Kier alpha value is -3.12. The van der Waals surface area contributed by atoms with E-state index in [0.717, 1.165) is 0 Å². The van der Waals surface area contributed by atoms with Crippen molar-refractivity contribution >= 4 is 46.6 Å². The molecule has 236 valence electrons. The third kappa shape index (κ3) is 9.43. The van der Waals surface area contributed by atoms with Crippen LogP contribution >= 0.6 is 23.2 Å². The van der Waals surface area contributed by atoms with Crippen molar-refractivity contribution in [1.29, 1.82) is 0 Å². The van der Waals surface area contributed by atoms with Crippen molar-refractivity contribution in [2.75, 3.05) is 11.9 Å². The van der Waals surface area contributed by atoms with Gasteiger partial charge < -0.3 is 20.7 Å². The van der Waals surface area contributed by atoms with Gasteiger partial charge in [-0.15, -0.1) is 0 Å². The molecule has 3 rings (SSSR count). The van der Waals surface area contributed by atoms with E-state index in [1.165, 1.54) is 24.3 Å². The van der Waals surface area contributed by atoms with E-state index in [0.29, 0.717) is 5.56 Å². The Kier molecular flexibility index (Phi) is 11.3. The summed E-state index contributed by atoms with van der Waals surface area (Å²) in [6, 6.07) is 6.17. The third-order valence-corrected chi connectivity index (χ3v) is 7.64. The Balaban J connectivity index is 1.80. The molecule has 1 saturated carbocycles. The molecule has 0 atom stereocenters. The maximum atomic E-state index is 13.2. The number of hydrogen-bond donors (Lipinski definition) is 3. The molecular formula is C29H32Cl2F5N3O4. The van der Waals surface area contributed by atoms with Crippen LogP contribution in [0.15, 0.2) is 30.3 Å². The molecule has 0 aliphatic heterocycles. The monoisotopic (exact) mass is 651 g/mol. The van der Waals surface area contributed by atoms with Crippen LogP contribution in [-0.4, -0.2) is 43.0 Å². The average molecular weight is 652 g/mol. The molecule has 2 aromatic rings. The number of carbonyl (C=O) groups excluding carboxylic acids is 3. The molecule has 1 fully saturated rings. The molecule has 3 amide bonds. The summed E-state index contributed by atoms with van der Waals surface area (Å²) in [7, 11) is 0. The van der Waals surface area contributed by atoms with Crippen molar-refractivity contribution in [3.05, 3.63) is 57.1 Å². The van der Waals surface area contributed by atoms with Gasteiger partial charge >= 0.3 is 6.18 Å². The van der Waals surface area contributed by atoms with E-state index >= 15 is 0 Å². The maximum Gasteiger partial charge on any atom is 0.391 e. The summed E-state index contributed by atoms with van der Waals surface area (Å²) in [6.45, 7) is 4.23. The van der Waals surface area contributed by atoms with E-state index in [4.69, 9.17) is 27.9 Å². The standard InChI is InChI=1S/C29H32Cl2F5N3O4/c1-28(2,3)27(42)37-13-15-4-10-20(30)23(24(15)31)26(41)39-18-9-11-21(43-14-22(32)33)19(12-18)25(40)38-17-7-5-16(6-8-17)29(34,35)36/h4,9-12,16-17,22H,5-8,13-14H2,1-3H3,(H,37,42)(H,38,40)(H,39,41)/t16-,17-. The fourth-order valence-electron chi connectivity index (χ4n) is 4.47. The van der Waals surface area contributed by atoms with Crippen molar-refractivity contribution < 1.29 is 41.1 Å². The molecule has 43 heavy (non-hydrogen) atoms. The molecule has 3 N–H and O–H groups in total. The molecule has 0 aromatic heterocycles. The minimum absolute atomic E-state index is 0.0106. The van der Waals surface area contributed by atoms with Gasteiger partial charge in [0.15, 0.2) is 0 Å². The Morgan fingerprint density at radius 1 is 0.977 bits per heavy atom. The van der Waals surface area contributed by atoms with Gasteiger partial charge in [0, 0.05) is 23.7 Å². The summed E-state index contributed by atoms with van der Waals surface area (Å²) in [5.41, 5.74) is -0.469. The van der Waals surface area contributed by atoms with Crippen molar-refractivity contribution in [2.45, 2.75) is 71.6 Å². The van der Waals surface area contributed by atoms with Crippen LogP contribution in [0.1, 0.15) is 72.7 Å². The molecule has 1 aliphatic rings. The lowest BCUT2D eigenvalue weighted by atomic mass is 9.85. The van der Waals surface area contributed by atoms with Gasteiger partial charge in [-0.2, -0.15) is 13.2 Å². The fourth-order valence-corrected chi connectivity index (χ4v) is 5.08. The molecule has 0 spiro atoms. The first-order valence-corrected chi connectivity index (χ1v) is 14.2. The van der Waals surface area contributed by atoms with Gasteiger partial charge in [0.25, 0.3) is 18.2 Å². The molecule has 14 heteroatoms. The van der Waals surface area contributed by atoms with Crippen LogP contribution < -0.4 is 20.7 Å². The van der Waals surface area contributed by atoms with Crippen LogP contribution in [0, 0.1) is 11.3 Å². The summed E-state index contributed by atoms with van der Waals surface area (Å²) in [6.07, 6.45) is -7.28. The number of hydrogen-bond acceptors (Lipinski definition) is 4. The van der Waals surface area contributed by atoms with Crippen LogP contribution in [-0.2, 0) is 11.3 Å². The molecule has 0 heterocycles. The van der Waals surface area contributed by atoms with E-state index in [1.807, 2.05) is 0 Å². The van der Waals surface area contributed by atoms with Gasteiger partial charge in [-0.3, -0.25) is 14.4 Å². The molecule has 0 saturated heterocycles. The van der Waals surface area contributed by atoms with E-state index in [1.54, 1.807) is 26.8 Å². The summed E-state index contributed by atoms with van der Waals surface area (Å²) < 4.78 is 69.8. The highest BCUT2D eigenvalue weighted by molar-refractivity contribution is 6.40. The molecule has 2 aromatic carbocycles. The predicted molar refractivity (Wildman–Crippen MR) is 153 cm³/mol. The van der Waals surface area contributed by atoms with Gasteiger partial charge in [0.1, 0.15) is 12.4 Å². The number of carbonyl (C=O) groups is 3. The van der Waals surface area contributed by atoms with E-state index in [9.17, 15) is 36.3 Å². The summed E-state index contributed by atoms with van der Waals surface area (Å²) >= 11 is 12.7. The van der Waals surface area contributed by atoms with Gasteiger partial charge in [-0.25, -0.2) is 8.78 Å². The summed E-state index contributed by atoms with van der Waals surface area (Å²) in [5, 5.41) is 7.95. The van der Waals surface area contributed by atoms with Crippen LogP contribution in [0.2, 0.25) is 10.0 Å². The highest BCUT2D eigenvalue weighted by atomic mass is 35.5. The van der Waals surface area contributed by atoms with Crippen molar-refractivity contribution in [1.82, 2.24) is 10.6 Å². The van der Waals surface area contributed by atoms with Crippen LogP contribution in [0.3, 0.4) is 0 Å². The first-order chi connectivity index (χ1) is 20.0. The number of benzene rings is 2. The van der Waals surface area contributed by atoms with Gasteiger partial charge in [-0.05, 0) is 55.5 Å². The van der Waals surface area contributed by atoms with Gasteiger partial charge in [0.05, 0.1) is 27.1 Å². The SMILES string of the molecule is CC(C)(C)C(=O)NCc1ccc(Cl)c(C(=O)Nc2ccc(OCC(F)F)c(C(=O)N[C@H]3CC[C@H](C(F)(F)F)CC3)c2)c1Cl. The molecular weight excluding hydrogens is 620 g/mol. The smallest absolute Gasteiger partial charge is 0.391 e. The third-order valence-electron chi connectivity index (χ3n) is 6.89. The molecule has 0 bridgehead atoms. The number of halogens is 7. The minimum atomic E-state index is -4.32. The highest BCUT2D eigenvalue weighted by Crippen LogP contribution is 2.38. The van der Waals surface area contributed by atoms with Crippen molar-refractivity contribution in [2.24, 2.45) is 11.3 Å². The Bertz CT molecular complexity index is 1340.